The molecule has 0 heterocycles. The summed E-state index contributed by atoms with van der Waals surface area (Å²) in [6.45, 7) is 11.7. The quantitative estimate of drug-likeness (QED) is 0.0169. The van der Waals surface area contributed by atoms with Gasteiger partial charge in [-0.3, -0.25) is 37.3 Å². The van der Waals surface area contributed by atoms with Crippen LogP contribution in [0.1, 0.15) is 350 Å². The molecule has 0 aromatic heterocycles. The molecule has 5 atom stereocenters. The maximum atomic E-state index is 13.1. The van der Waals surface area contributed by atoms with E-state index >= 15 is 0 Å². The summed E-state index contributed by atoms with van der Waals surface area (Å²) in [6, 6.07) is 0. The molecule has 17 nitrogen and oxygen atoms in total. The lowest BCUT2D eigenvalue weighted by Gasteiger charge is -2.21. The highest BCUT2D eigenvalue weighted by atomic mass is 31.2. The molecule has 0 amide bonds. The molecule has 0 bridgehead atoms. The Hall–Kier alpha value is -2.46. The Bertz CT molecular complexity index is 1910. The first-order chi connectivity index (χ1) is 44.7. The Labute approximate surface area is 567 Å². The summed E-state index contributed by atoms with van der Waals surface area (Å²) < 4.78 is 68.4. The molecule has 0 aliphatic carbocycles. The van der Waals surface area contributed by atoms with Gasteiger partial charge in [-0.15, -0.1) is 0 Å². The molecule has 0 spiro atoms. The molecule has 0 rings (SSSR count). The highest BCUT2D eigenvalue weighted by Crippen LogP contribution is 2.45. The van der Waals surface area contributed by atoms with Crippen molar-refractivity contribution in [2.24, 2.45) is 17.8 Å². The molecule has 93 heavy (non-hydrogen) atoms. The van der Waals surface area contributed by atoms with Gasteiger partial charge in [0.25, 0.3) is 0 Å². The first-order valence-corrected chi connectivity index (χ1v) is 40.7. The Balaban J connectivity index is 5.27. The van der Waals surface area contributed by atoms with Gasteiger partial charge >= 0.3 is 39.5 Å². The van der Waals surface area contributed by atoms with Crippen LogP contribution in [0.5, 0.6) is 0 Å². The van der Waals surface area contributed by atoms with Gasteiger partial charge in [0.15, 0.2) is 12.2 Å². The highest BCUT2D eigenvalue weighted by Gasteiger charge is 2.30. The van der Waals surface area contributed by atoms with E-state index in [1.54, 1.807) is 0 Å². The number of rotatable bonds is 70. The summed E-state index contributed by atoms with van der Waals surface area (Å²) >= 11 is 0. The predicted octanol–water partition coefficient (Wildman–Crippen LogP) is 21.0. The fourth-order valence-corrected chi connectivity index (χ4v) is 12.3. The predicted molar refractivity (Wildman–Crippen MR) is 377 cm³/mol. The zero-order valence-electron chi connectivity index (χ0n) is 60.2. The van der Waals surface area contributed by atoms with Crippen LogP contribution in [0.4, 0.5) is 0 Å². The van der Waals surface area contributed by atoms with Crippen molar-refractivity contribution in [1.82, 2.24) is 0 Å². The highest BCUT2D eigenvalue weighted by molar-refractivity contribution is 7.47. The van der Waals surface area contributed by atoms with Crippen molar-refractivity contribution in [3.63, 3.8) is 0 Å². The Kier molecular flexibility index (Phi) is 62.5. The molecule has 3 N–H and O–H groups in total. The van der Waals surface area contributed by atoms with Crippen molar-refractivity contribution in [3.8, 4) is 0 Å². The lowest BCUT2D eigenvalue weighted by molar-refractivity contribution is -0.161. The standard InChI is InChI=1S/C74H140O17P2/c1-8-9-10-11-12-13-14-15-16-21-24-27-35-43-50-57-73(78)90-69(61-84-71(76)55-48-41-34-26-23-20-18-17-19-22-25-31-38-45-52-65(2)3)63-88-92(80,81)86-59-68(75)60-87-93(82,83)89-64-70(62-85-72(77)56-49-42-37-30-33-40-47-54-67(6)7)91-74(79)58-51-44-36-29-28-32-39-46-53-66(4)5/h13-16,65-70,75H,8-12,17-64H2,1-7H3,(H,80,81)(H,82,83)/b14-13-,16-15-/t68?,69-,70-/m1/s1. The summed E-state index contributed by atoms with van der Waals surface area (Å²) in [7, 11) is -9.92. The number of ether oxygens (including phenoxy) is 4. The van der Waals surface area contributed by atoms with Crippen molar-refractivity contribution in [2.75, 3.05) is 39.6 Å². The van der Waals surface area contributed by atoms with Gasteiger partial charge in [0.05, 0.1) is 26.4 Å². The number of hydrogen-bond acceptors (Lipinski definition) is 15. The van der Waals surface area contributed by atoms with Crippen LogP contribution < -0.4 is 0 Å². The fraction of sp³-hybridized carbons (Fsp3) is 0.892. The molecule has 3 unspecified atom stereocenters. The summed E-state index contributed by atoms with van der Waals surface area (Å²) in [5.74, 6) is 0.0631. The first-order valence-electron chi connectivity index (χ1n) is 37.7. The van der Waals surface area contributed by atoms with Crippen molar-refractivity contribution in [1.29, 1.82) is 0 Å². The van der Waals surface area contributed by atoms with Gasteiger partial charge in [0.1, 0.15) is 19.3 Å². The van der Waals surface area contributed by atoms with Gasteiger partial charge in [-0.25, -0.2) is 9.13 Å². The minimum Gasteiger partial charge on any atom is -0.462 e. The smallest absolute Gasteiger partial charge is 0.462 e. The summed E-state index contributed by atoms with van der Waals surface area (Å²) in [4.78, 5) is 72.7. The number of aliphatic hydroxyl groups excluding tert-OH is 1. The number of hydrogen-bond donors (Lipinski definition) is 3. The van der Waals surface area contributed by atoms with E-state index in [0.29, 0.717) is 37.5 Å². The minimum atomic E-state index is -4.96. The fourth-order valence-electron chi connectivity index (χ4n) is 10.7. The number of carbonyl (C=O) groups is 4. The maximum Gasteiger partial charge on any atom is 0.472 e. The number of phosphoric ester groups is 2. The number of esters is 4. The van der Waals surface area contributed by atoms with Gasteiger partial charge in [0, 0.05) is 25.7 Å². The molecule has 0 aliphatic rings. The van der Waals surface area contributed by atoms with Gasteiger partial charge in [-0.05, 0) is 69.1 Å². The normalized spacial score (nSPS) is 14.3. The molecule has 0 saturated heterocycles. The average molecular weight is 1360 g/mol. The molecular formula is C74H140O17P2. The number of carbonyl (C=O) groups excluding carboxylic acids is 4. The molecule has 0 radical (unpaired) electrons. The summed E-state index contributed by atoms with van der Waals surface area (Å²) in [6.07, 6.45) is 52.3. The van der Waals surface area contributed by atoms with Crippen LogP contribution in [0.3, 0.4) is 0 Å². The Morgan fingerprint density at radius 2 is 0.581 bits per heavy atom. The van der Waals surface area contributed by atoms with Crippen molar-refractivity contribution >= 4 is 39.5 Å². The van der Waals surface area contributed by atoms with E-state index in [1.165, 1.54) is 141 Å². The van der Waals surface area contributed by atoms with E-state index in [1.807, 2.05) is 0 Å². The van der Waals surface area contributed by atoms with E-state index in [4.69, 9.17) is 37.0 Å². The zero-order chi connectivity index (χ0) is 68.7. The lowest BCUT2D eigenvalue weighted by Crippen LogP contribution is -2.30. The Morgan fingerprint density at radius 1 is 0.333 bits per heavy atom. The second-order valence-corrected chi connectivity index (χ2v) is 30.3. The average Bonchev–Trinajstić information content (AvgIpc) is 1.71. The van der Waals surface area contributed by atoms with E-state index in [2.05, 4.69) is 72.8 Å². The van der Waals surface area contributed by atoms with Crippen molar-refractivity contribution in [3.05, 3.63) is 24.3 Å². The number of unbranched alkanes of at least 4 members (excludes halogenated alkanes) is 35. The van der Waals surface area contributed by atoms with Crippen LogP contribution in [-0.4, -0.2) is 96.7 Å². The second-order valence-electron chi connectivity index (χ2n) is 27.4. The Morgan fingerprint density at radius 3 is 0.871 bits per heavy atom. The topological polar surface area (TPSA) is 237 Å². The van der Waals surface area contributed by atoms with Crippen LogP contribution in [0, 0.1) is 17.8 Å². The molecule has 0 saturated carbocycles. The molecule has 0 aromatic carbocycles. The number of phosphoric acid groups is 2. The third-order valence-corrected chi connectivity index (χ3v) is 18.4. The largest absolute Gasteiger partial charge is 0.472 e. The van der Waals surface area contributed by atoms with Gasteiger partial charge in [0.2, 0.25) is 0 Å². The molecule has 0 fully saturated rings. The maximum absolute atomic E-state index is 13.1. The van der Waals surface area contributed by atoms with E-state index in [9.17, 15) is 43.2 Å². The number of allylic oxidation sites excluding steroid dienone is 4. The van der Waals surface area contributed by atoms with Crippen molar-refractivity contribution < 1.29 is 80.2 Å². The first kappa shape index (κ1) is 90.5. The minimum absolute atomic E-state index is 0.0847. The second kappa shape index (κ2) is 64.2. The van der Waals surface area contributed by atoms with Crippen LogP contribution in [0.2, 0.25) is 0 Å². The van der Waals surface area contributed by atoms with Crippen LogP contribution in [0.25, 0.3) is 0 Å². The molecule has 0 aromatic rings. The third-order valence-electron chi connectivity index (χ3n) is 16.5. The molecular weight excluding hydrogens is 1220 g/mol. The summed E-state index contributed by atoms with van der Waals surface area (Å²) in [5.41, 5.74) is 0. The van der Waals surface area contributed by atoms with Crippen LogP contribution >= 0.6 is 15.6 Å². The van der Waals surface area contributed by atoms with E-state index < -0.39 is 97.5 Å². The van der Waals surface area contributed by atoms with Crippen LogP contribution in [0.15, 0.2) is 24.3 Å². The van der Waals surface area contributed by atoms with E-state index in [-0.39, 0.29) is 25.7 Å². The van der Waals surface area contributed by atoms with Gasteiger partial charge in [-0.2, -0.15) is 0 Å². The SMILES string of the molecule is CCCCCC/C=C\C=C/CCCCCCCC(=O)O[C@H](COC(=O)CCCCCCCCCCCCCCCCC(C)C)COP(=O)(O)OCC(O)COP(=O)(O)OC[C@@H](COC(=O)CCCCCCCCCC(C)C)OC(=O)CCCCCCCCCCC(C)C. The van der Waals surface area contributed by atoms with Crippen molar-refractivity contribution in [2.45, 2.75) is 369 Å². The monoisotopic (exact) mass is 1360 g/mol. The third kappa shape index (κ3) is 67.9. The molecule has 0 aliphatic heterocycles. The molecule has 548 valence electrons. The van der Waals surface area contributed by atoms with Gasteiger partial charge < -0.3 is 33.8 Å². The number of aliphatic hydroxyl groups is 1. The van der Waals surface area contributed by atoms with Gasteiger partial charge in [-0.1, -0.05) is 297 Å². The zero-order valence-corrected chi connectivity index (χ0v) is 62.0. The summed E-state index contributed by atoms with van der Waals surface area (Å²) in [5, 5.41) is 10.6. The molecule has 19 heteroatoms. The van der Waals surface area contributed by atoms with E-state index in [0.717, 1.165) is 115 Å². The van der Waals surface area contributed by atoms with Crippen LogP contribution in [-0.2, 0) is 65.4 Å². The lowest BCUT2D eigenvalue weighted by atomic mass is 10.0.